The fourth-order valence-corrected chi connectivity index (χ4v) is 3.81. The summed E-state index contributed by atoms with van der Waals surface area (Å²) in [5, 5.41) is 0.799. The van der Waals surface area contributed by atoms with Crippen LogP contribution in [0.25, 0.3) is 10.9 Å². The summed E-state index contributed by atoms with van der Waals surface area (Å²) in [5.41, 5.74) is 1.45. The highest BCUT2D eigenvalue weighted by Gasteiger charge is 2.52. The Morgan fingerprint density at radius 3 is 2.06 bits per heavy atom. The molecule has 0 aliphatic carbocycles. The summed E-state index contributed by atoms with van der Waals surface area (Å²) >= 11 is 0. The molecule has 0 spiro atoms. The van der Waals surface area contributed by atoms with Gasteiger partial charge in [-0.15, -0.1) is 0 Å². The molecule has 1 fully saturated rings. The summed E-state index contributed by atoms with van der Waals surface area (Å²) < 4.78 is 27.7. The summed E-state index contributed by atoms with van der Waals surface area (Å²) in [6, 6.07) is 7.42. The van der Waals surface area contributed by atoms with Crippen molar-refractivity contribution in [2.24, 2.45) is 0 Å². The van der Waals surface area contributed by atoms with E-state index in [0.29, 0.717) is 5.56 Å². The molecule has 1 N–H and O–H groups in total. The van der Waals surface area contributed by atoms with Crippen molar-refractivity contribution in [2.45, 2.75) is 58.2 Å². The number of carbonyl (C=O) groups excluding carboxylic acids is 4. The van der Waals surface area contributed by atoms with Gasteiger partial charge in [-0.3, -0.25) is 19.2 Å². The Bertz CT molecular complexity index is 1010. The zero-order valence-electron chi connectivity index (χ0n) is 18.2. The lowest BCUT2D eigenvalue weighted by atomic mass is 9.90. The number of hydrogen-bond donors (Lipinski definition) is 1. The summed E-state index contributed by atoms with van der Waals surface area (Å²) in [6.45, 7) is 4.54. The van der Waals surface area contributed by atoms with E-state index in [2.05, 4.69) is 4.98 Å². The maximum Gasteiger partial charge on any atom is 0.303 e. The highest BCUT2D eigenvalue weighted by atomic mass is 16.7. The van der Waals surface area contributed by atoms with E-state index in [1.165, 1.54) is 27.7 Å². The molecular weight excluding hydrogens is 422 g/mol. The number of fused-ring (bicyclic) bond motifs is 1. The maximum absolute atomic E-state index is 11.9. The van der Waals surface area contributed by atoms with E-state index in [9.17, 15) is 19.2 Å². The summed E-state index contributed by atoms with van der Waals surface area (Å²) in [5.74, 6) is -2.55. The van der Waals surface area contributed by atoms with Gasteiger partial charge in [0, 0.05) is 50.4 Å². The van der Waals surface area contributed by atoms with Gasteiger partial charge in [-0.2, -0.15) is 0 Å². The number of esters is 4. The number of carbonyl (C=O) groups is 4. The number of H-pyrrole nitrogens is 1. The number of aromatic nitrogens is 1. The van der Waals surface area contributed by atoms with Crippen LogP contribution in [0.5, 0.6) is 0 Å². The van der Waals surface area contributed by atoms with Crippen LogP contribution in [0, 0.1) is 0 Å². The lowest BCUT2D eigenvalue weighted by Crippen LogP contribution is -2.59. The minimum Gasteiger partial charge on any atom is -0.463 e. The molecule has 5 atom stereocenters. The van der Waals surface area contributed by atoms with E-state index >= 15 is 0 Å². The zero-order chi connectivity index (χ0) is 23.4. The van der Waals surface area contributed by atoms with Crippen LogP contribution >= 0.6 is 0 Å². The predicted molar refractivity (Wildman–Crippen MR) is 109 cm³/mol. The third-order valence-electron chi connectivity index (χ3n) is 4.92. The summed E-state index contributed by atoms with van der Waals surface area (Å²) in [6.07, 6.45) is -3.71. The molecule has 0 radical (unpaired) electrons. The number of rotatable bonds is 6. The quantitative estimate of drug-likeness (QED) is 0.522. The molecule has 2 aromatic rings. The maximum atomic E-state index is 11.9. The molecule has 1 aromatic carbocycles. The van der Waals surface area contributed by atoms with Crippen molar-refractivity contribution in [1.29, 1.82) is 0 Å². The smallest absolute Gasteiger partial charge is 0.303 e. The van der Waals surface area contributed by atoms with E-state index in [1.54, 1.807) is 6.20 Å². The molecule has 0 saturated carbocycles. The minimum atomic E-state index is -1.20. The highest BCUT2D eigenvalue weighted by molar-refractivity contribution is 5.83. The monoisotopic (exact) mass is 447 g/mol. The van der Waals surface area contributed by atoms with E-state index in [0.717, 1.165) is 10.9 Å². The average Bonchev–Trinajstić information content (AvgIpc) is 3.12. The van der Waals surface area contributed by atoms with Crippen molar-refractivity contribution >= 4 is 34.8 Å². The van der Waals surface area contributed by atoms with Crippen molar-refractivity contribution < 1.29 is 42.9 Å². The number of para-hydroxylation sites is 1. The largest absolute Gasteiger partial charge is 0.463 e. The molecule has 1 unspecified atom stereocenters. The third kappa shape index (κ3) is 5.25. The van der Waals surface area contributed by atoms with Crippen LogP contribution in [0.2, 0.25) is 0 Å². The Kier molecular flexibility index (Phi) is 7.14. The van der Waals surface area contributed by atoms with Crippen LogP contribution in [0.1, 0.15) is 39.4 Å². The number of ether oxygens (including phenoxy) is 5. The number of nitrogens with one attached hydrogen (secondary N) is 1. The molecule has 1 aliphatic rings. The normalized spacial score (nSPS) is 25.1. The van der Waals surface area contributed by atoms with Gasteiger partial charge in [-0.05, 0) is 6.07 Å². The molecule has 3 rings (SSSR count). The number of benzene rings is 1. The van der Waals surface area contributed by atoms with Gasteiger partial charge >= 0.3 is 23.9 Å². The van der Waals surface area contributed by atoms with Gasteiger partial charge in [0.15, 0.2) is 18.3 Å². The first-order valence-electron chi connectivity index (χ1n) is 10.0. The van der Waals surface area contributed by atoms with Crippen LogP contribution in [0.3, 0.4) is 0 Å². The highest BCUT2D eigenvalue weighted by Crippen LogP contribution is 2.40. The standard InChI is InChI=1S/C22H25NO9/c1-11(24)28-10-18-20(29-12(2)25)22(31-14(4)27)21(30-13(3)26)19(32-18)16-9-23-17-8-6-5-7-15(16)17/h5-9,18-23H,10H2,1-4H3/t18-,19?,20-,21+,22+/m1/s1. The number of aromatic amines is 1. The summed E-state index contributed by atoms with van der Waals surface area (Å²) in [7, 11) is 0. The van der Waals surface area contributed by atoms with Gasteiger partial charge in [0.1, 0.15) is 18.8 Å². The molecule has 172 valence electrons. The predicted octanol–water partition coefficient (Wildman–Crippen LogP) is 1.97. The van der Waals surface area contributed by atoms with Crippen molar-refractivity contribution in [1.82, 2.24) is 4.98 Å². The molecule has 0 bridgehead atoms. The molecule has 1 aromatic heterocycles. The Morgan fingerprint density at radius 2 is 1.44 bits per heavy atom. The second kappa shape index (κ2) is 9.82. The molecule has 32 heavy (non-hydrogen) atoms. The van der Waals surface area contributed by atoms with Crippen LogP contribution in [-0.2, 0) is 42.9 Å². The summed E-state index contributed by atoms with van der Waals surface area (Å²) in [4.78, 5) is 50.2. The van der Waals surface area contributed by atoms with Crippen LogP contribution in [-0.4, -0.2) is 59.9 Å². The van der Waals surface area contributed by atoms with Gasteiger partial charge in [0.2, 0.25) is 0 Å². The van der Waals surface area contributed by atoms with Gasteiger partial charge in [-0.1, -0.05) is 18.2 Å². The van der Waals surface area contributed by atoms with E-state index in [1.807, 2.05) is 24.3 Å². The fourth-order valence-electron chi connectivity index (χ4n) is 3.81. The van der Waals surface area contributed by atoms with Crippen LogP contribution < -0.4 is 0 Å². The minimum absolute atomic E-state index is 0.267. The first-order valence-corrected chi connectivity index (χ1v) is 10.0. The zero-order valence-corrected chi connectivity index (χ0v) is 18.2. The Balaban J connectivity index is 2.10. The Hall–Kier alpha value is -3.40. The molecule has 2 heterocycles. The van der Waals surface area contributed by atoms with Crippen LogP contribution in [0.15, 0.2) is 30.5 Å². The van der Waals surface area contributed by atoms with Crippen molar-refractivity contribution in [2.75, 3.05) is 6.61 Å². The van der Waals surface area contributed by atoms with Crippen molar-refractivity contribution in [3.8, 4) is 0 Å². The van der Waals surface area contributed by atoms with Gasteiger partial charge in [-0.25, -0.2) is 0 Å². The van der Waals surface area contributed by atoms with E-state index in [-0.39, 0.29) is 6.61 Å². The van der Waals surface area contributed by atoms with Crippen LogP contribution in [0.4, 0.5) is 0 Å². The van der Waals surface area contributed by atoms with Gasteiger partial charge in [0.25, 0.3) is 0 Å². The first kappa shape index (κ1) is 23.3. The second-order valence-electron chi connectivity index (χ2n) is 7.41. The third-order valence-corrected chi connectivity index (χ3v) is 4.92. The second-order valence-corrected chi connectivity index (χ2v) is 7.41. The Labute approximate surface area is 184 Å². The van der Waals surface area contributed by atoms with E-state index in [4.69, 9.17) is 23.7 Å². The topological polar surface area (TPSA) is 130 Å². The van der Waals surface area contributed by atoms with E-state index < -0.39 is 54.4 Å². The van der Waals surface area contributed by atoms with Gasteiger partial charge in [0.05, 0.1) is 0 Å². The average molecular weight is 447 g/mol. The number of hydrogen-bond acceptors (Lipinski definition) is 9. The van der Waals surface area contributed by atoms with Gasteiger partial charge < -0.3 is 28.7 Å². The molecular formula is C22H25NO9. The Morgan fingerprint density at radius 1 is 0.844 bits per heavy atom. The SMILES string of the molecule is CC(=O)OC[C@H]1OC(c2c[nH]c3ccccc23)[C@H](OC(C)=O)[C@@H](OC(C)=O)[C@@H]1OC(C)=O. The molecule has 1 saturated heterocycles. The fraction of sp³-hybridized carbons (Fsp3) is 0.455. The lowest BCUT2D eigenvalue weighted by Gasteiger charge is -2.44. The van der Waals surface area contributed by atoms with Crippen molar-refractivity contribution in [3.63, 3.8) is 0 Å². The van der Waals surface area contributed by atoms with Crippen molar-refractivity contribution in [3.05, 3.63) is 36.0 Å². The molecule has 10 heteroatoms. The first-order chi connectivity index (χ1) is 15.2. The molecule has 10 nitrogen and oxygen atoms in total. The molecule has 0 amide bonds. The lowest BCUT2D eigenvalue weighted by molar-refractivity contribution is -0.254. The molecule has 1 aliphatic heterocycles.